The van der Waals surface area contributed by atoms with E-state index >= 15 is 0 Å². The summed E-state index contributed by atoms with van der Waals surface area (Å²) in [6.45, 7) is 11.1. The van der Waals surface area contributed by atoms with E-state index in [1.165, 1.54) is 5.56 Å². The highest BCUT2D eigenvalue weighted by molar-refractivity contribution is 5.80. The van der Waals surface area contributed by atoms with Gasteiger partial charge in [0.25, 0.3) is 5.91 Å². The van der Waals surface area contributed by atoms with E-state index in [9.17, 15) is 4.79 Å². The van der Waals surface area contributed by atoms with E-state index in [1.807, 2.05) is 42.5 Å². The molecule has 4 heteroatoms. The Morgan fingerprint density at radius 3 is 1.96 bits per heavy atom. The van der Waals surface area contributed by atoms with Gasteiger partial charge in [-0.25, -0.2) is 0 Å². The molecule has 27 heavy (non-hydrogen) atoms. The summed E-state index contributed by atoms with van der Waals surface area (Å²) in [5.74, 6) is 2.22. The maximum Gasteiger partial charge on any atom is 0.260 e. The summed E-state index contributed by atoms with van der Waals surface area (Å²) in [5.41, 5.74) is 2.27. The minimum atomic E-state index is -0.562. The Morgan fingerprint density at radius 1 is 0.852 bits per heavy atom. The van der Waals surface area contributed by atoms with Crippen molar-refractivity contribution in [3.63, 3.8) is 0 Å². The predicted molar refractivity (Wildman–Crippen MR) is 110 cm³/mol. The van der Waals surface area contributed by atoms with Crippen LogP contribution in [0.4, 0.5) is 0 Å². The first-order valence-electron chi connectivity index (χ1n) is 9.65. The molecule has 2 aromatic rings. The lowest BCUT2D eigenvalue weighted by Crippen LogP contribution is -2.38. The van der Waals surface area contributed by atoms with Crippen molar-refractivity contribution in [2.24, 2.45) is 0 Å². The SMILES string of the molecule is CC(C)c1ccccc1OCCNC(=O)[C@H](C)Oc1ccccc1C(C)C. The van der Waals surface area contributed by atoms with Crippen LogP contribution in [0.3, 0.4) is 0 Å². The zero-order valence-electron chi connectivity index (χ0n) is 17.0. The lowest BCUT2D eigenvalue weighted by Gasteiger charge is -2.19. The highest BCUT2D eigenvalue weighted by Gasteiger charge is 2.17. The van der Waals surface area contributed by atoms with Crippen LogP contribution in [0.5, 0.6) is 11.5 Å². The molecule has 0 fully saturated rings. The summed E-state index contributed by atoms with van der Waals surface area (Å²) in [5, 5.41) is 2.88. The maximum atomic E-state index is 12.3. The molecule has 0 saturated carbocycles. The van der Waals surface area contributed by atoms with Crippen molar-refractivity contribution in [1.29, 1.82) is 0 Å². The van der Waals surface area contributed by atoms with Crippen LogP contribution in [0.15, 0.2) is 48.5 Å². The van der Waals surface area contributed by atoms with Gasteiger partial charge in [0.15, 0.2) is 6.10 Å². The summed E-state index contributed by atoms with van der Waals surface area (Å²) < 4.78 is 11.7. The second kappa shape index (κ2) is 10.0. The second-order valence-corrected chi connectivity index (χ2v) is 7.28. The number of nitrogens with one attached hydrogen (secondary N) is 1. The summed E-state index contributed by atoms with van der Waals surface area (Å²) in [6.07, 6.45) is -0.562. The van der Waals surface area contributed by atoms with E-state index in [1.54, 1.807) is 6.92 Å². The van der Waals surface area contributed by atoms with Gasteiger partial charge >= 0.3 is 0 Å². The third-order valence-corrected chi connectivity index (χ3v) is 4.41. The molecule has 0 bridgehead atoms. The zero-order valence-corrected chi connectivity index (χ0v) is 17.0. The predicted octanol–water partition coefficient (Wildman–Crippen LogP) is 4.90. The lowest BCUT2D eigenvalue weighted by atomic mass is 10.0. The van der Waals surface area contributed by atoms with Gasteiger partial charge in [0.05, 0.1) is 6.54 Å². The van der Waals surface area contributed by atoms with Crippen LogP contribution in [0.1, 0.15) is 57.6 Å². The molecule has 1 atom stereocenters. The molecular formula is C23H31NO3. The summed E-state index contributed by atoms with van der Waals surface area (Å²) in [6, 6.07) is 15.9. The first-order chi connectivity index (χ1) is 12.9. The van der Waals surface area contributed by atoms with Crippen LogP contribution in [-0.2, 0) is 4.79 Å². The van der Waals surface area contributed by atoms with Gasteiger partial charge in [0.2, 0.25) is 0 Å². The van der Waals surface area contributed by atoms with E-state index < -0.39 is 6.10 Å². The number of para-hydroxylation sites is 2. The number of hydrogen-bond acceptors (Lipinski definition) is 3. The number of carbonyl (C=O) groups is 1. The van der Waals surface area contributed by atoms with Crippen LogP contribution in [0.2, 0.25) is 0 Å². The number of hydrogen-bond donors (Lipinski definition) is 1. The normalized spacial score (nSPS) is 12.1. The fourth-order valence-corrected chi connectivity index (χ4v) is 2.88. The Morgan fingerprint density at radius 2 is 1.37 bits per heavy atom. The minimum absolute atomic E-state index is 0.144. The number of ether oxygens (including phenoxy) is 2. The molecule has 0 aliphatic rings. The molecule has 1 amide bonds. The summed E-state index contributed by atoms with van der Waals surface area (Å²) in [7, 11) is 0. The van der Waals surface area contributed by atoms with Gasteiger partial charge in [-0.1, -0.05) is 64.1 Å². The van der Waals surface area contributed by atoms with Crippen molar-refractivity contribution in [3.05, 3.63) is 59.7 Å². The summed E-state index contributed by atoms with van der Waals surface area (Å²) in [4.78, 5) is 12.3. The van der Waals surface area contributed by atoms with Crippen LogP contribution < -0.4 is 14.8 Å². The Balaban J connectivity index is 1.83. The van der Waals surface area contributed by atoms with Gasteiger partial charge in [0, 0.05) is 0 Å². The van der Waals surface area contributed by atoms with Crippen molar-refractivity contribution >= 4 is 5.91 Å². The van der Waals surface area contributed by atoms with Crippen molar-refractivity contribution in [1.82, 2.24) is 5.32 Å². The Bertz CT molecular complexity index is 740. The van der Waals surface area contributed by atoms with E-state index in [0.717, 1.165) is 17.1 Å². The molecule has 0 unspecified atom stereocenters. The van der Waals surface area contributed by atoms with Crippen molar-refractivity contribution in [3.8, 4) is 11.5 Å². The quantitative estimate of drug-likeness (QED) is 0.640. The Labute approximate surface area is 162 Å². The van der Waals surface area contributed by atoms with Crippen LogP contribution in [0, 0.1) is 0 Å². The number of carbonyl (C=O) groups excluding carboxylic acids is 1. The van der Waals surface area contributed by atoms with Crippen molar-refractivity contribution in [2.45, 2.75) is 52.6 Å². The van der Waals surface area contributed by atoms with Gasteiger partial charge in [-0.2, -0.15) is 0 Å². The number of rotatable bonds is 9. The van der Waals surface area contributed by atoms with Gasteiger partial charge in [-0.15, -0.1) is 0 Å². The van der Waals surface area contributed by atoms with Gasteiger partial charge in [-0.3, -0.25) is 4.79 Å². The minimum Gasteiger partial charge on any atom is -0.491 e. The molecule has 0 aliphatic carbocycles. The fourth-order valence-electron chi connectivity index (χ4n) is 2.88. The standard InChI is InChI=1S/C23H31NO3/c1-16(2)19-10-6-8-12-21(19)26-15-14-24-23(25)18(5)27-22-13-9-7-11-20(22)17(3)4/h6-13,16-18H,14-15H2,1-5H3,(H,24,25)/t18-/m0/s1. The molecule has 0 radical (unpaired) electrons. The van der Waals surface area contributed by atoms with Crippen molar-refractivity contribution in [2.75, 3.05) is 13.2 Å². The fraction of sp³-hybridized carbons (Fsp3) is 0.435. The smallest absolute Gasteiger partial charge is 0.260 e. The molecule has 1 N–H and O–H groups in total. The molecule has 146 valence electrons. The van der Waals surface area contributed by atoms with Gasteiger partial charge < -0.3 is 14.8 Å². The highest BCUT2D eigenvalue weighted by atomic mass is 16.5. The molecule has 0 spiro atoms. The molecule has 4 nitrogen and oxygen atoms in total. The first kappa shape index (κ1) is 20.8. The number of amides is 1. The molecule has 0 aromatic heterocycles. The first-order valence-corrected chi connectivity index (χ1v) is 9.65. The van der Waals surface area contributed by atoms with Gasteiger partial charge in [-0.05, 0) is 42.0 Å². The Kier molecular flexibility index (Phi) is 7.71. The van der Waals surface area contributed by atoms with Gasteiger partial charge in [0.1, 0.15) is 18.1 Å². The molecule has 0 heterocycles. The molecule has 2 rings (SSSR count). The third-order valence-electron chi connectivity index (χ3n) is 4.41. The van der Waals surface area contributed by atoms with Crippen molar-refractivity contribution < 1.29 is 14.3 Å². The molecule has 0 saturated heterocycles. The average molecular weight is 370 g/mol. The average Bonchev–Trinajstić information content (AvgIpc) is 2.65. The summed E-state index contributed by atoms with van der Waals surface area (Å²) >= 11 is 0. The number of benzene rings is 2. The highest BCUT2D eigenvalue weighted by Crippen LogP contribution is 2.27. The van der Waals surface area contributed by atoms with E-state index in [4.69, 9.17) is 9.47 Å². The molecule has 0 aliphatic heterocycles. The monoisotopic (exact) mass is 369 g/mol. The van der Waals surface area contributed by atoms with Crippen LogP contribution >= 0.6 is 0 Å². The third kappa shape index (κ3) is 6.02. The molecule has 2 aromatic carbocycles. The largest absolute Gasteiger partial charge is 0.491 e. The van der Waals surface area contributed by atoms with E-state index in [0.29, 0.717) is 25.0 Å². The maximum absolute atomic E-state index is 12.3. The van der Waals surface area contributed by atoms with Crippen LogP contribution in [0.25, 0.3) is 0 Å². The molecular weight excluding hydrogens is 338 g/mol. The Hall–Kier alpha value is -2.49. The second-order valence-electron chi connectivity index (χ2n) is 7.28. The van der Waals surface area contributed by atoms with E-state index in [2.05, 4.69) is 39.1 Å². The van der Waals surface area contributed by atoms with Crippen LogP contribution in [-0.4, -0.2) is 25.2 Å². The topological polar surface area (TPSA) is 47.6 Å². The lowest BCUT2D eigenvalue weighted by molar-refractivity contribution is -0.127. The zero-order chi connectivity index (χ0) is 19.8. The van der Waals surface area contributed by atoms with E-state index in [-0.39, 0.29) is 5.91 Å².